The van der Waals surface area contributed by atoms with Crippen LogP contribution in [0.15, 0.2) is 0 Å². The fourth-order valence-electron chi connectivity index (χ4n) is 11.8. The van der Waals surface area contributed by atoms with Gasteiger partial charge in [0.1, 0.15) is 5.60 Å². The van der Waals surface area contributed by atoms with Crippen LogP contribution in [0.2, 0.25) is 0 Å². The van der Waals surface area contributed by atoms with Gasteiger partial charge in [-0.15, -0.1) is 0 Å². The Kier molecular flexibility index (Phi) is 6.09. The maximum atomic E-state index is 14.5. The molecule has 0 radical (unpaired) electrons. The largest absolute Gasteiger partial charge is 0.465 e. The minimum Gasteiger partial charge on any atom is -0.465 e. The third kappa shape index (κ3) is 3.66. The number of cyclic esters (lactones) is 3. The summed E-state index contributed by atoms with van der Waals surface area (Å²) in [4.78, 5) is 52.5. The number of rotatable bonds is 7. The molecule has 0 spiro atoms. The molecule has 10 atom stereocenters. The molecule has 0 aromatic rings. The van der Waals surface area contributed by atoms with Crippen LogP contribution in [-0.2, 0) is 33.4 Å². The average molecular weight is 555 g/mol. The summed E-state index contributed by atoms with van der Waals surface area (Å²) in [5.41, 5.74) is -0.659. The first-order chi connectivity index (χ1) is 18.9. The van der Waals surface area contributed by atoms with Gasteiger partial charge in [-0.3, -0.25) is 19.2 Å². The van der Waals surface area contributed by atoms with Gasteiger partial charge < -0.3 is 14.2 Å². The molecular weight excluding hydrogens is 508 g/mol. The van der Waals surface area contributed by atoms with Crippen LogP contribution in [0.4, 0.5) is 0 Å². The lowest BCUT2D eigenvalue weighted by atomic mass is 9.44. The van der Waals surface area contributed by atoms with Crippen LogP contribution in [0, 0.1) is 82.3 Å². The lowest BCUT2D eigenvalue weighted by Gasteiger charge is -2.63. The Morgan fingerprint density at radius 3 is 2.10 bits per heavy atom. The monoisotopic (exact) mass is 554 g/mol. The van der Waals surface area contributed by atoms with Crippen LogP contribution in [-0.4, -0.2) is 36.1 Å². The summed E-state index contributed by atoms with van der Waals surface area (Å²) in [6.45, 7) is 10.9. The predicted molar refractivity (Wildman–Crippen MR) is 144 cm³/mol. The van der Waals surface area contributed by atoms with E-state index in [0.29, 0.717) is 13.0 Å². The Bertz CT molecular complexity index is 1090. The van der Waals surface area contributed by atoms with Crippen LogP contribution >= 0.6 is 0 Å². The summed E-state index contributed by atoms with van der Waals surface area (Å²) < 4.78 is 17.3. The van der Waals surface area contributed by atoms with Crippen molar-refractivity contribution in [2.75, 3.05) is 6.61 Å². The van der Waals surface area contributed by atoms with E-state index < -0.39 is 35.3 Å². The molecule has 6 aliphatic carbocycles. The van der Waals surface area contributed by atoms with Crippen molar-refractivity contribution < 1.29 is 33.4 Å². The van der Waals surface area contributed by atoms with Crippen molar-refractivity contribution in [2.45, 2.75) is 91.6 Å². The molecule has 2 saturated heterocycles. The normalized spacial score (nSPS) is 48.8. The van der Waals surface area contributed by atoms with E-state index in [0.717, 1.165) is 43.4 Å². The van der Waals surface area contributed by atoms with E-state index in [9.17, 15) is 19.2 Å². The van der Waals surface area contributed by atoms with Crippen molar-refractivity contribution in [1.82, 2.24) is 0 Å². The minimum atomic E-state index is -0.823. The standard InChI is InChI=1S/C33H46O7/c1-15(2)32(5,33-11-18-6-19(12-33)8-20(7-18)13-33)40-29(35)24(26-17(4)28(34)39-31(26)37)9-21-16(3)22-10-23(21)25-14-38-30(36)27(22)25/h15-27H,6-14H2,1-5H3. The van der Waals surface area contributed by atoms with Crippen molar-refractivity contribution >= 4 is 23.9 Å². The molecule has 0 amide bonds. The van der Waals surface area contributed by atoms with E-state index in [1.54, 1.807) is 6.92 Å². The van der Waals surface area contributed by atoms with Gasteiger partial charge in [-0.05, 0) is 106 Å². The molecule has 0 aromatic heterocycles. The van der Waals surface area contributed by atoms with Crippen molar-refractivity contribution in [3.8, 4) is 0 Å². The second-order valence-corrected chi connectivity index (χ2v) is 15.7. The Morgan fingerprint density at radius 2 is 1.55 bits per heavy atom. The quantitative estimate of drug-likeness (QED) is 0.243. The van der Waals surface area contributed by atoms with Gasteiger partial charge in [0.25, 0.3) is 0 Å². The maximum absolute atomic E-state index is 14.5. The highest BCUT2D eigenvalue weighted by Gasteiger charge is 2.65. The highest BCUT2D eigenvalue weighted by Crippen LogP contribution is 2.66. The van der Waals surface area contributed by atoms with Crippen LogP contribution in [0.25, 0.3) is 0 Å². The molecule has 0 aromatic carbocycles. The number of hydrogen-bond donors (Lipinski definition) is 0. The summed E-state index contributed by atoms with van der Waals surface area (Å²) in [5.74, 6) is -0.331. The summed E-state index contributed by atoms with van der Waals surface area (Å²) in [5, 5.41) is 0. The highest BCUT2D eigenvalue weighted by atomic mass is 16.6. The van der Waals surface area contributed by atoms with Crippen LogP contribution in [0.5, 0.6) is 0 Å². The van der Waals surface area contributed by atoms with E-state index in [4.69, 9.17) is 14.2 Å². The molecule has 40 heavy (non-hydrogen) atoms. The second-order valence-electron chi connectivity index (χ2n) is 15.7. The number of fused-ring (bicyclic) bond motifs is 5. The summed E-state index contributed by atoms with van der Waals surface area (Å²) in [6, 6.07) is 0. The predicted octanol–water partition coefficient (Wildman–Crippen LogP) is 5.19. The highest BCUT2D eigenvalue weighted by molar-refractivity contribution is 5.98. The molecule has 2 heterocycles. The molecule has 8 aliphatic rings. The molecule has 7 heteroatoms. The van der Waals surface area contributed by atoms with E-state index in [2.05, 4.69) is 27.7 Å². The van der Waals surface area contributed by atoms with E-state index >= 15 is 0 Å². The molecule has 10 unspecified atom stereocenters. The van der Waals surface area contributed by atoms with Crippen molar-refractivity contribution in [3.63, 3.8) is 0 Å². The molecule has 7 nitrogen and oxygen atoms in total. The SMILES string of the molecule is CC1C(=O)OC(=O)C1C(CC1C(C)C2CC1C1COC(=O)C21)C(=O)OC(C)(C(C)C)C12CC3CC(CC(C3)C1)C2. The number of esters is 4. The number of carbonyl (C=O) groups is 4. The van der Waals surface area contributed by atoms with E-state index in [-0.39, 0.29) is 58.8 Å². The van der Waals surface area contributed by atoms with Gasteiger partial charge in [0.15, 0.2) is 0 Å². The Labute approximate surface area is 237 Å². The zero-order valence-electron chi connectivity index (χ0n) is 24.7. The second kappa shape index (κ2) is 9.04. The maximum Gasteiger partial charge on any atom is 0.318 e. The third-order valence-corrected chi connectivity index (χ3v) is 13.8. The van der Waals surface area contributed by atoms with Gasteiger partial charge in [0.05, 0.1) is 30.3 Å². The molecule has 6 saturated carbocycles. The fraction of sp³-hybridized carbons (Fsp3) is 0.879. The van der Waals surface area contributed by atoms with Crippen LogP contribution < -0.4 is 0 Å². The molecule has 8 fully saturated rings. The smallest absolute Gasteiger partial charge is 0.318 e. The van der Waals surface area contributed by atoms with Gasteiger partial charge in [-0.2, -0.15) is 0 Å². The third-order valence-electron chi connectivity index (χ3n) is 13.8. The number of hydrogen-bond acceptors (Lipinski definition) is 7. The molecule has 2 aliphatic heterocycles. The van der Waals surface area contributed by atoms with Gasteiger partial charge >= 0.3 is 23.9 Å². The molecule has 220 valence electrons. The Hall–Kier alpha value is -1.92. The molecule has 6 bridgehead atoms. The van der Waals surface area contributed by atoms with Gasteiger partial charge in [0, 0.05) is 11.3 Å². The topological polar surface area (TPSA) is 96.0 Å². The van der Waals surface area contributed by atoms with Gasteiger partial charge in [-0.25, -0.2) is 0 Å². The van der Waals surface area contributed by atoms with Crippen LogP contribution in [0.3, 0.4) is 0 Å². The molecular formula is C33H46O7. The first kappa shape index (κ1) is 26.9. The van der Waals surface area contributed by atoms with E-state index in [1.807, 2.05) is 0 Å². The molecule has 0 N–H and O–H groups in total. The Morgan fingerprint density at radius 1 is 0.925 bits per heavy atom. The zero-order valence-corrected chi connectivity index (χ0v) is 24.7. The van der Waals surface area contributed by atoms with E-state index in [1.165, 1.54) is 19.3 Å². The first-order valence-electron chi connectivity index (χ1n) is 16.1. The molecule has 8 rings (SSSR count). The lowest BCUT2D eigenvalue weighted by molar-refractivity contribution is -0.222. The average Bonchev–Trinajstić information content (AvgIpc) is 3.59. The van der Waals surface area contributed by atoms with Crippen LogP contribution in [0.1, 0.15) is 86.0 Å². The number of ether oxygens (including phenoxy) is 3. The van der Waals surface area contributed by atoms with Gasteiger partial charge in [0.2, 0.25) is 0 Å². The van der Waals surface area contributed by atoms with Crippen molar-refractivity contribution in [1.29, 1.82) is 0 Å². The first-order valence-corrected chi connectivity index (χ1v) is 16.1. The fourth-order valence-corrected chi connectivity index (χ4v) is 11.8. The summed E-state index contributed by atoms with van der Waals surface area (Å²) in [6.07, 6.45) is 8.76. The zero-order chi connectivity index (χ0) is 28.3. The minimum absolute atomic E-state index is 0.0256. The Balaban J connectivity index is 1.19. The van der Waals surface area contributed by atoms with Crippen molar-refractivity contribution in [3.05, 3.63) is 0 Å². The summed E-state index contributed by atoms with van der Waals surface area (Å²) >= 11 is 0. The summed E-state index contributed by atoms with van der Waals surface area (Å²) in [7, 11) is 0. The lowest BCUT2D eigenvalue weighted by Crippen LogP contribution is -2.61. The van der Waals surface area contributed by atoms with Gasteiger partial charge in [-0.1, -0.05) is 27.7 Å². The number of carbonyl (C=O) groups excluding carboxylic acids is 4. The van der Waals surface area contributed by atoms with Crippen molar-refractivity contribution in [2.24, 2.45) is 82.3 Å².